The third kappa shape index (κ3) is 3.64. The molecule has 0 aliphatic heterocycles. The number of halogens is 1. The molecule has 5 nitrogen and oxygen atoms in total. The number of aryl methyl sites for hydroxylation is 1. The summed E-state index contributed by atoms with van der Waals surface area (Å²) in [6.07, 6.45) is 1.07. The molecule has 0 heterocycles. The summed E-state index contributed by atoms with van der Waals surface area (Å²) >= 11 is 6.04. The summed E-state index contributed by atoms with van der Waals surface area (Å²) in [5.41, 5.74) is 1.22. The second kappa shape index (κ2) is 6.01. The summed E-state index contributed by atoms with van der Waals surface area (Å²) in [6.45, 7) is 3.38. The number of anilines is 1. The van der Waals surface area contributed by atoms with Crippen molar-refractivity contribution in [1.29, 1.82) is 0 Å². The predicted octanol–water partition coefficient (Wildman–Crippen LogP) is 1.89. The first kappa shape index (κ1) is 16.8. The maximum Gasteiger partial charge on any atom is 0.245 e. The highest BCUT2D eigenvalue weighted by Gasteiger charge is 2.30. The van der Waals surface area contributed by atoms with Crippen molar-refractivity contribution in [3.63, 3.8) is 0 Å². The van der Waals surface area contributed by atoms with Gasteiger partial charge in [-0.2, -0.15) is 0 Å². The van der Waals surface area contributed by atoms with E-state index in [4.69, 9.17) is 11.6 Å². The molecule has 0 aromatic heterocycles. The number of amides is 1. The summed E-state index contributed by atoms with van der Waals surface area (Å²) < 4.78 is 25.1. The van der Waals surface area contributed by atoms with E-state index >= 15 is 0 Å². The number of hydrogen-bond donors (Lipinski definition) is 0. The van der Waals surface area contributed by atoms with E-state index < -0.39 is 16.1 Å². The van der Waals surface area contributed by atoms with Gasteiger partial charge in [0.15, 0.2) is 0 Å². The van der Waals surface area contributed by atoms with Crippen molar-refractivity contribution in [3.05, 3.63) is 28.8 Å². The zero-order valence-electron chi connectivity index (χ0n) is 12.2. The molecule has 20 heavy (non-hydrogen) atoms. The average molecular weight is 319 g/mol. The van der Waals surface area contributed by atoms with E-state index in [0.29, 0.717) is 10.7 Å². The minimum Gasteiger partial charge on any atom is -0.347 e. The Morgan fingerprint density at radius 2 is 1.85 bits per heavy atom. The van der Waals surface area contributed by atoms with Crippen LogP contribution in [0.3, 0.4) is 0 Å². The molecule has 1 unspecified atom stereocenters. The van der Waals surface area contributed by atoms with E-state index in [1.807, 2.05) is 6.92 Å². The van der Waals surface area contributed by atoms with E-state index in [0.717, 1.165) is 16.1 Å². The zero-order valence-corrected chi connectivity index (χ0v) is 13.8. The quantitative estimate of drug-likeness (QED) is 0.852. The van der Waals surface area contributed by atoms with Gasteiger partial charge in [0, 0.05) is 19.1 Å². The predicted molar refractivity (Wildman–Crippen MR) is 81.7 cm³/mol. The van der Waals surface area contributed by atoms with Crippen molar-refractivity contribution in [3.8, 4) is 0 Å². The summed E-state index contributed by atoms with van der Waals surface area (Å²) in [4.78, 5) is 13.4. The molecule has 1 aromatic rings. The Bertz CT molecular complexity index is 614. The van der Waals surface area contributed by atoms with Crippen LogP contribution in [0.25, 0.3) is 0 Å². The van der Waals surface area contributed by atoms with Crippen LogP contribution in [0.1, 0.15) is 12.5 Å². The van der Waals surface area contributed by atoms with Crippen molar-refractivity contribution < 1.29 is 13.2 Å². The normalized spacial score (nSPS) is 12.9. The molecule has 0 N–H and O–H groups in total. The third-order valence-corrected chi connectivity index (χ3v) is 4.57. The van der Waals surface area contributed by atoms with Gasteiger partial charge >= 0.3 is 0 Å². The molecule has 7 heteroatoms. The Balaban J connectivity index is 3.34. The smallest absolute Gasteiger partial charge is 0.245 e. The topological polar surface area (TPSA) is 57.7 Å². The summed E-state index contributed by atoms with van der Waals surface area (Å²) in [6, 6.07) is 4.08. The zero-order chi connectivity index (χ0) is 15.7. The molecule has 0 bridgehead atoms. The maximum absolute atomic E-state index is 12.0. The first-order chi connectivity index (χ1) is 9.05. The van der Waals surface area contributed by atoms with E-state index in [9.17, 15) is 13.2 Å². The SMILES string of the molecule is Cc1ccc(N(C(C)C(=O)N(C)C)S(C)(=O)=O)cc1Cl. The van der Waals surface area contributed by atoms with Crippen LogP contribution < -0.4 is 4.31 Å². The van der Waals surface area contributed by atoms with Crippen molar-refractivity contribution in [2.75, 3.05) is 24.7 Å². The lowest BCUT2D eigenvalue weighted by atomic mass is 10.2. The maximum atomic E-state index is 12.0. The molecule has 0 radical (unpaired) electrons. The minimum absolute atomic E-state index is 0.299. The lowest BCUT2D eigenvalue weighted by Gasteiger charge is -2.30. The van der Waals surface area contributed by atoms with Crippen LogP contribution in [0.5, 0.6) is 0 Å². The number of benzene rings is 1. The van der Waals surface area contributed by atoms with E-state index in [-0.39, 0.29) is 5.91 Å². The van der Waals surface area contributed by atoms with Crippen LogP contribution in [0, 0.1) is 6.92 Å². The van der Waals surface area contributed by atoms with Crippen LogP contribution in [0.4, 0.5) is 5.69 Å². The van der Waals surface area contributed by atoms with Gasteiger partial charge in [-0.1, -0.05) is 17.7 Å². The molecule has 0 aliphatic carbocycles. The van der Waals surface area contributed by atoms with E-state index in [1.165, 1.54) is 4.90 Å². The highest BCUT2D eigenvalue weighted by Crippen LogP contribution is 2.26. The fourth-order valence-corrected chi connectivity index (χ4v) is 3.23. The van der Waals surface area contributed by atoms with Gasteiger partial charge in [-0.15, -0.1) is 0 Å². The molecule has 1 atom stereocenters. The molecule has 0 fully saturated rings. The minimum atomic E-state index is -3.60. The van der Waals surface area contributed by atoms with Crippen LogP contribution in [-0.4, -0.2) is 45.6 Å². The fraction of sp³-hybridized carbons (Fsp3) is 0.462. The van der Waals surface area contributed by atoms with Gasteiger partial charge in [0.25, 0.3) is 0 Å². The Labute approximate surface area is 125 Å². The molecule has 0 saturated carbocycles. The van der Waals surface area contributed by atoms with Gasteiger partial charge < -0.3 is 4.90 Å². The number of likely N-dealkylation sites (N-methyl/N-ethyl adjacent to an activating group) is 1. The van der Waals surface area contributed by atoms with Gasteiger partial charge in [0.05, 0.1) is 11.9 Å². The second-order valence-electron chi connectivity index (χ2n) is 4.90. The number of rotatable bonds is 4. The fourth-order valence-electron chi connectivity index (χ4n) is 1.90. The third-order valence-electron chi connectivity index (χ3n) is 2.92. The molecule has 1 amide bonds. The molecule has 0 aliphatic rings. The van der Waals surface area contributed by atoms with Crippen molar-refractivity contribution >= 4 is 33.2 Å². The molecule has 0 spiro atoms. The molecular weight excluding hydrogens is 300 g/mol. The second-order valence-corrected chi connectivity index (χ2v) is 7.17. The molecule has 112 valence electrons. The molecular formula is C13H19ClN2O3S. The lowest BCUT2D eigenvalue weighted by Crippen LogP contribution is -2.47. The van der Waals surface area contributed by atoms with Gasteiger partial charge in [-0.3, -0.25) is 9.10 Å². The standard InChI is InChI=1S/C13H19ClN2O3S/c1-9-6-7-11(8-12(9)14)16(20(5,18)19)10(2)13(17)15(3)4/h6-8,10H,1-5H3. The highest BCUT2D eigenvalue weighted by molar-refractivity contribution is 7.92. The Hall–Kier alpha value is -1.27. The average Bonchev–Trinajstić information content (AvgIpc) is 2.30. The Morgan fingerprint density at radius 3 is 2.25 bits per heavy atom. The molecule has 1 aromatic carbocycles. The van der Waals surface area contributed by atoms with Gasteiger partial charge in [-0.05, 0) is 31.5 Å². The highest BCUT2D eigenvalue weighted by atomic mass is 35.5. The number of sulfonamides is 1. The summed E-state index contributed by atoms with van der Waals surface area (Å²) in [7, 11) is -0.429. The van der Waals surface area contributed by atoms with Crippen molar-refractivity contribution in [1.82, 2.24) is 4.90 Å². The number of carbonyl (C=O) groups is 1. The van der Waals surface area contributed by atoms with Crippen molar-refractivity contribution in [2.45, 2.75) is 19.9 Å². The van der Waals surface area contributed by atoms with Gasteiger partial charge in [-0.25, -0.2) is 8.42 Å². The first-order valence-corrected chi connectivity index (χ1v) is 8.25. The Morgan fingerprint density at radius 1 is 1.30 bits per heavy atom. The number of carbonyl (C=O) groups excluding carboxylic acids is 1. The van der Waals surface area contributed by atoms with Gasteiger partial charge in [0.1, 0.15) is 6.04 Å². The number of nitrogens with zero attached hydrogens (tertiary/aromatic N) is 2. The number of hydrogen-bond acceptors (Lipinski definition) is 3. The Kier molecular flexibility index (Phi) is 5.05. The lowest BCUT2D eigenvalue weighted by molar-refractivity contribution is -0.129. The molecule has 0 saturated heterocycles. The van der Waals surface area contributed by atoms with Crippen LogP contribution in [0.15, 0.2) is 18.2 Å². The molecule has 1 rings (SSSR count). The van der Waals surface area contributed by atoms with Crippen LogP contribution in [-0.2, 0) is 14.8 Å². The van der Waals surface area contributed by atoms with E-state index in [1.54, 1.807) is 39.2 Å². The monoisotopic (exact) mass is 318 g/mol. The largest absolute Gasteiger partial charge is 0.347 e. The summed E-state index contributed by atoms with van der Waals surface area (Å²) in [5.74, 6) is -0.299. The van der Waals surface area contributed by atoms with Gasteiger partial charge in [0.2, 0.25) is 15.9 Å². The summed E-state index contributed by atoms with van der Waals surface area (Å²) in [5, 5.41) is 0.459. The van der Waals surface area contributed by atoms with Crippen LogP contribution >= 0.6 is 11.6 Å². The van der Waals surface area contributed by atoms with Crippen LogP contribution in [0.2, 0.25) is 5.02 Å². The van der Waals surface area contributed by atoms with Crippen molar-refractivity contribution in [2.24, 2.45) is 0 Å². The van der Waals surface area contributed by atoms with E-state index in [2.05, 4.69) is 0 Å². The first-order valence-electron chi connectivity index (χ1n) is 6.02.